The lowest BCUT2D eigenvalue weighted by molar-refractivity contribution is -0.118. The van der Waals surface area contributed by atoms with Gasteiger partial charge in [0.2, 0.25) is 5.91 Å². The van der Waals surface area contributed by atoms with Gasteiger partial charge in [-0.3, -0.25) is 4.79 Å². The monoisotopic (exact) mass is 458 g/mol. The van der Waals surface area contributed by atoms with Gasteiger partial charge >= 0.3 is 0 Å². The Morgan fingerprint density at radius 3 is 2.33 bits per heavy atom. The van der Waals surface area contributed by atoms with Gasteiger partial charge in [0.15, 0.2) is 0 Å². The number of benzene rings is 3. The fourth-order valence-electron chi connectivity index (χ4n) is 2.54. The quantitative estimate of drug-likeness (QED) is 0.318. The molecule has 0 bridgehead atoms. The Balaban J connectivity index is 1.38. The van der Waals surface area contributed by atoms with Crippen molar-refractivity contribution >= 4 is 47.1 Å². The van der Waals surface area contributed by atoms with Gasteiger partial charge in [0.05, 0.1) is 12.0 Å². The van der Waals surface area contributed by atoms with E-state index in [0.717, 1.165) is 22.4 Å². The molecule has 3 rings (SSSR count). The molecule has 0 aromatic heterocycles. The third kappa shape index (κ3) is 7.75. The average molecular weight is 459 g/mol. The lowest BCUT2D eigenvalue weighted by atomic mass is 10.2. The number of ether oxygens (including phenoxy) is 1. The first kappa shape index (κ1) is 22.2. The van der Waals surface area contributed by atoms with Crippen molar-refractivity contribution in [1.29, 1.82) is 0 Å². The summed E-state index contributed by atoms with van der Waals surface area (Å²) < 4.78 is 5.75. The number of hydrazone groups is 1. The highest BCUT2D eigenvalue weighted by Crippen LogP contribution is 2.17. The smallest absolute Gasteiger partial charge is 0.250 e. The fraction of sp³-hybridized carbons (Fsp3) is 0.130. The molecule has 3 aromatic carbocycles. The second-order valence-corrected chi connectivity index (χ2v) is 8.26. The van der Waals surface area contributed by atoms with Gasteiger partial charge in [-0.25, -0.2) is 5.43 Å². The zero-order valence-electron chi connectivity index (χ0n) is 16.1. The van der Waals surface area contributed by atoms with E-state index < -0.39 is 0 Å². The summed E-state index contributed by atoms with van der Waals surface area (Å²) in [5, 5.41) is 5.38. The van der Waals surface area contributed by atoms with Gasteiger partial charge in [0, 0.05) is 15.8 Å². The molecule has 0 atom stereocenters. The second-order valence-electron chi connectivity index (χ2n) is 6.40. The normalized spacial score (nSPS) is 10.9. The van der Waals surface area contributed by atoms with Crippen LogP contribution in [0.5, 0.6) is 5.75 Å². The van der Waals surface area contributed by atoms with Gasteiger partial charge in [-0.15, -0.1) is 11.8 Å². The molecule has 0 radical (unpaired) electrons. The number of carbonyl (C=O) groups is 1. The largest absolute Gasteiger partial charge is 0.489 e. The summed E-state index contributed by atoms with van der Waals surface area (Å²) in [7, 11) is 0. The maximum atomic E-state index is 11.9. The Bertz CT molecular complexity index is 1010. The van der Waals surface area contributed by atoms with E-state index >= 15 is 0 Å². The first-order chi connectivity index (χ1) is 14.6. The molecular formula is C23H20Cl2N2O2S. The highest BCUT2D eigenvalue weighted by molar-refractivity contribution is 7.99. The van der Waals surface area contributed by atoms with E-state index in [1.165, 1.54) is 11.8 Å². The minimum absolute atomic E-state index is 0.153. The molecule has 7 heteroatoms. The molecule has 0 aliphatic carbocycles. The minimum Gasteiger partial charge on any atom is -0.489 e. The van der Waals surface area contributed by atoms with Crippen LogP contribution in [-0.2, 0) is 17.2 Å². The van der Waals surface area contributed by atoms with Crippen LogP contribution in [-0.4, -0.2) is 17.9 Å². The first-order valence-electron chi connectivity index (χ1n) is 9.20. The number of nitrogens with zero attached hydrogens (tertiary/aromatic N) is 1. The topological polar surface area (TPSA) is 50.7 Å². The van der Waals surface area contributed by atoms with Crippen LogP contribution >= 0.6 is 35.0 Å². The van der Waals surface area contributed by atoms with Gasteiger partial charge in [-0.05, 0) is 65.2 Å². The molecule has 30 heavy (non-hydrogen) atoms. The summed E-state index contributed by atoms with van der Waals surface area (Å²) in [6, 6.07) is 22.6. The number of hydrogen-bond donors (Lipinski definition) is 1. The Hall–Kier alpha value is -2.47. The predicted octanol–water partition coefficient (Wildman–Crippen LogP) is 5.96. The van der Waals surface area contributed by atoms with Crippen LogP contribution in [0.3, 0.4) is 0 Å². The molecule has 0 fully saturated rings. The van der Waals surface area contributed by atoms with Crippen LogP contribution < -0.4 is 10.2 Å². The third-order valence-corrected chi connectivity index (χ3v) is 5.44. The molecule has 0 aliphatic heterocycles. The summed E-state index contributed by atoms with van der Waals surface area (Å²) in [6.45, 7) is 0.441. The van der Waals surface area contributed by atoms with Crippen LogP contribution in [0.15, 0.2) is 77.9 Å². The van der Waals surface area contributed by atoms with Gasteiger partial charge in [0.1, 0.15) is 12.4 Å². The van der Waals surface area contributed by atoms with Gasteiger partial charge in [-0.2, -0.15) is 5.10 Å². The molecule has 0 saturated carbocycles. The molecule has 154 valence electrons. The fourth-order valence-corrected chi connectivity index (χ4v) is 3.74. The van der Waals surface area contributed by atoms with E-state index in [0.29, 0.717) is 28.2 Å². The summed E-state index contributed by atoms with van der Waals surface area (Å²) in [4.78, 5) is 11.9. The summed E-state index contributed by atoms with van der Waals surface area (Å²) in [6.07, 6.45) is 1.60. The maximum absolute atomic E-state index is 11.9. The lowest BCUT2D eigenvalue weighted by Gasteiger charge is -2.06. The molecule has 0 spiro atoms. The Kier molecular flexibility index (Phi) is 8.63. The highest BCUT2D eigenvalue weighted by Gasteiger charge is 2.02. The van der Waals surface area contributed by atoms with Crippen molar-refractivity contribution in [3.8, 4) is 5.75 Å². The Morgan fingerprint density at radius 2 is 1.63 bits per heavy atom. The minimum atomic E-state index is -0.153. The molecule has 0 saturated heterocycles. The van der Waals surface area contributed by atoms with E-state index in [2.05, 4.69) is 10.5 Å². The zero-order chi connectivity index (χ0) is 21.2. The Morgan fingerprint density at radius 1 is 0.967 bits per heavy atom. The van der Waals surface area contributed by atoms with Crippen molar-refractivity contribution in [2.24, 2.45) is 5.10 Å². The predicted molar refractivity (Wildman–Crippen MR) is 126 cm³/mol. The molecule has 0 aliphatic rings. The van der Waals surface area contributed by atoms with Crippen molar-refractivity contribution in [3.63, 3.8) is 0 Å². The number of hydrogen-bond acceptors (Lipinski definition) is 4. The number of thioether (sulfide) groups is 1. The van der Waals surface area contributed by atoms with E-state index in [1.54, 1.807) is 6.21 Å². The number of halogens is 2. The van der Waals surface area contributed by atoms with Crippen LogP contribution in [0.1, 0.15) is 16.7 Å². The van der Waals surface area contributed by atoms with E-state index in [1.807, 2.05) is 72.8 Å². The summed E-state index contributed by atoms with van der Waals surface area (Å²) >= 11 is 13.4. The number of carbonyl (C=O) groups excluding carboxylic acids is 1. The van der Waals surface area contributed by atoms with Gasteiger partial charge in [0.25, 0.3) is 0 Å². The van der Waals surface area contributed by atoms with Crippen molar-refractivity contribution in [1.82, 2.24) is 5.43 Å². The van der Waals surface area contributed by atoms with Crippen molar-refractivity contribution < 1.29 is 9.53 Å². The second kappa shape index (κ2) is 11.6. The molecule has 3 aromatic rings. The van der Waals surface area contributed by atoms with E-state index in [9.17, 15) is 4.79 Å². The number of rotatable bonds is 9. The van der Waals surface area contributed by atoms with Crippen LogP contribution in [0.4, 0.5) is 0 Å². The standard InChI is InChI=1S/C23H20Cl2N2O2S/c24-20-5-1-3-18(11-20)14-29-22-9-7-17(8-10-22)13-26-27-23(28)16-30-15-19-4-2-6-21(25)12-19/h1-13H,14-16H2,(H,27,28)/b26-13+. The molecule has 1 N–H and O–H groups in total. The SMILES string of the molecule is O=C(CSCc1cccc(Cl)c1)N/N=C/c1ccc(OCc2cccc(Cl)c2)cc1. The van der Waals surface area contributed by atoms with Gasteiger partial charge in [-0.1, -0.05) is 47.5 Å². The van der Waals surface area contributed by atoms with E-state index in [-0.39, 0.29) is 5.91 Å². The van der Waals surface area contributed by atoms with Crippen molar-refractivity contribution in [2.75, 3.05) is 5.75 Å². The molecule has 0 heterocycles. The van der Waals surface area contributed by atoms with E-state index in [4.69, 9.17) is 27.9 Å². The van der Waals surface area contributed by atoms with Crippen molar-refractivity contribution in [3.05, 3.63) is 99.5 Å². The molecule has 0 unspecified atom stereocenters. The highest BCUT2D eigenvalue weighted by atomic mass is 35.5. The summed E-state index contributed by atoms with van der Waals surface area (Å²) in [5.41, 5.74) is 5.48. The van der Waals surface area contributed by atoms with Crippen LogP contribution in [0, 0.1) is 0 Å². The lowest BCUT2D eigenvalue weighted by Crippen LogP contribution is -2.19. The first-order valence-corrected chi connectivity index (χ1v) is 11.1. The Labute approximate surface area is 190 Å². The molecule has 4 nitrogen and oxygen atoms in total. The van der Waals surface area contributed by atoms with Gasteiger partial charge < -0.3 is 4.74 Å². The maximum Gasteiger partial charge on any atom is 0.250 e. The average Bonchev–Trinajstić information content (AvgIpc) is 2.73. The van der Waals surface area contributed by atoms with Crippen LogP contribution in [0.2, 0.25) is 10.0 Å². The van der Waals surface area contributed by atoms with Crippen LogP contribution in [0.25, 0.3) is 0 Å². The zero-order valence-corrected chi connectivity index (χ0v) is 18.4. The molecular weight excluding hydrogens is 439 g/mol. The third-order valence-electron chi connectivity index (χ3n) is 3.97. The number of amides is 1. The summed E-state index contributed by atoms with van der Waals surface area (Å²) in [5.74, 6) is 1.63. The van der Waals surface area contributed by atoms with Crippen molar-refractivity contribution in [2.45, 2.75) is 12.4 Å². The molecule has 1 amide bonds. The number of nitrogens with one attached hydrogen (secondary N) is 1.